The van der Waals surface area contributed by atoms with Gasteiger partial charge in [0.05, 0.1) is 28.6 Å². The molecule has 0 bridgehead atoms. The lowest BCUT2D eigenvalue weighted by Crippen LogP contribution is -2.26. The first kappa shape index (κ1) is 17.8. The Kier molecular flexibility index (Phi) is 4.56. The fourth-order valence-corrected chi connectivity index (χ4v) is 3.28. The van der Waals surface area contributed by atoms with Gasteiger partial charge in [-0.1, -0.05) is 12.1 Å². The van der Waals surface area contributed by atoms with Crippen molar-refractivity contribution in [3.05, 3.63) is 57.9 Å². The number of ether oxygens (including phenoxy) is 2. The monoisotopic (exact) mass is 382 g/mol. The third-order valence-electron chi connectivity index (χ3n) is 4.56. The molecule has 1 aliphatic rings. The summed E-state index contributed by atoms with van der Waals surface area (Å²) in [6.45, 7) is 3.46. The topological polar surface area (TPSA) is 109 Å². The van der Waals surface area contributed by atoms with Crippen molar-refractivity contribution >= 4 is 22.6 Å². The third kappa shape index (κ3) is 3.11. The first-order valence-electron chi connectivity index (χ1n) is 8.89. The Morgan fingerprint density at radius 3 is 2.68 bits per heavy atom. The number of carbonyl (C=O) groups excluding carboxylic acids is 1. The van der Waals surface area contributed by atoms with Gasteiger partial charge in [-0.25, -0.2) is 4.98 Å². The minimum atomic E-state index is -0.603. The van der Waals surface area contributed by atoms with Crippen LogP contribution in [0.4, 0.5) is 5.69 Å². The molecule has 1 aliphatic heterocycles. The minimum Gasteiger partial charge on any atom is -0.486 e. The Hall–Kier alpha value is -3.62. The predicted molar refractivity (Wildman–Crippen MR) is 101 cm³/mol. The Morgan fingerprint density at radius 2 is 1.96 bits per heavy atom. The van der Waals surface area contributed by atoms with E-state index in [-0.39, 0.29) is 23.5 Å². The summed E-state index contributed by atoms with van der Waals surface area (Å²) in [6, 6.07) is 10.3. The van der Waals surface area contributed by atoms with Crippen LogP contribution in [0.15, 0.2) is 36.4 Å². The summed E-state index contributed by atoms with van der Waals surface area (Å²) in [7, 11) is 0. The molecule has 1 aromatic heterocycles. The second-order valence-corrected chi connectivity index (χ2v) is 6.21. The summed E-state index contributed by atoms with van der Waals surface area (Å²) >= 11 is 0. The summed E-state index contributed by atoms with van der Waals surface area (Å²) in [5, 5.41) is 14.1. The number of amides is 1. The van der Waals surface area contributed by atoms with E-state index >= 15 is 0 Å². The second kappa shape index (κ2) is 7.18. The molecule has 1 amide bonds. The number of hydrogen-bond donors (Lipinski definition) is 1. The zero-order valence-electron chi connectivity index (χ0n) is 15.2. The molecule has 9 nitrogen and oxygen atoms in total. The molecule has 0 saturated carbocycles. The van der Waals surface area contributed by atoms with Crippen LogP contribution in [0.2, 0.25) is 0 Å². The van der Waals surface area contributed by atoms with E-state index in [1.54, 1.807) is 0 Å². The number of fused-ring (bicyclic) bond motifs is 2. The Balaban J connectivity index is 1.61. The lowest BCUT2D eigenvalue weighted by molar-refractivity contribution is -0.385. The van der Waals surface area contributed by atoms with Gasteiger partial charge in [0.2, 0.25) is 0 Å². The number of rotatable bonds is 5. The first-order valence-corrected chi connectivity index (χ1v) is 8.89. The molecule has 28 heavy (non-hydrogen) atoms. The van der Waals surface area contributed by atoms with Crippen molar-refractivity contribution in [3.63, 3.8) is 0 Å². The summed E-state index contributed by atoms with van der Waals surface area (Å²) in [5.41, 5.74) is 1.40. The van der Waals surface area contributed by atoms with Crippen molar-refractivity contribution in [2.75, 3.05) is 13.2 Å². The minimum absolute atomic E-state index is 0.0755. The van der Waals surface area contributed by atoms with Crippen molar-refractivity contribution in [2.24, 2.45) is 0 Å². The van der Waals surface area contributed by atoms with Gasteiger partial charge in [0.1, 0.15) is 24.6 Å². The zero-order chi connectivity index (χ0) is 19.7. The Labute approximate surface area is 160 Å². The van der Waals surface area contributed by atoms with Gasteiger partial charge in [-0.05, 0) is 19.1 Å². The van der Waals surface area contributed by atoms with Crippen LogP contribution in [-0.4, -0.2) is 33.6 Å². The van der Waals surface area contributed by atoms with Crippen LogP contribution in [-0.2, 0) is 13.1 Å². The summed E-state index contributed by atoms with van der Waals surface area (Å²) in [6.07, 6.45) is 0. The molecule has 0 aliphatic carbocycles. The molecule has 3 aromatic rings. The van der Waals surface area contributed by atoms with E-state index in [0.29, 0.717) is 31.3 Å². The number of aryl methyl sites for hydroxylation is 1. The molecule has 0 atom stereocenters. The first-order chi connectivity index (χ1) is 13.6. The molecule has 2 aromatic carbocycles. The van der Waals surface area contributed by atoms with Crippen molar-refractivity contribution < 1.29 is 19.2 Å². The van der Waals surface area contributed by atoms with Crippen molar-refractivity contribution in [1.82, 2.24) is 14.9 Å². The highest BCUT2D eigenvalue weighted by Gasteiger charge is 2.26. The number of benzene rings is 2. The quantitative estimate of drug-likeness (QED) is 0.537. The highest BCUT2D eigenvalue weighted by atomic mass is 16.6. The van der Waals surface area contributed by atoms with E-state index < -0.39 is 10.8 Å². The number of imidazole rings is 1. The van der Waals surface area contributed by atoms with Crippen molar-refractivity contribution in [3.8, 4) is 11.5 Å². The number of carbonyl (C=O) groups is 1. The van der Waals surface area contributed by atoms with E-state index in [9.17, 15) is 14.9 Å². The fraction of sp³-hybridized carbons (Fsp3) is 0.263. The van der Waals surface area contributed by atoms with Gasteiger partial charge in [-0.3, -0.25) is 14.9 Å². The van der Waals surface area contributed by atoms with E-state index in [1.807, 2.05) is 35.8 Å². The molecule has 0 radical (unpaired) electrons. The van der Waals surface area contributed by atoms with Crippen molar-refractivity contribution in [2.45, 2.75) is 20.0 Å². The van der Waals surface area contributed by atoms with Gasteiger partial charge in [0.25, 0.3) is 11.6 Å². The Morgan fingerprint density at radius 1 is 1.25 bits per heavy atom. The van der Waals surface area contributed by atoms with Gasteiger partial charge in [-0.2, -0.15) is 0 Å². The second-order valence-electron chi connectivity index (χ2n) is 6.21. The van der Waals surface area contributed by atoms with E-state index in [1.165, 1.54) is 12.1 Å². The number of aromatic nitrogens is 2. The van der Waals surface area contributed by atoms with Gasteiger partial charge in [-0.15, -0.1) is 0 Å². The zero-order valence-corrected chi connectivity index (χ0v) is 15.2. The van der Waals surface area contributed by atoms with Crippen LogP contribution in [0.25, 0.3) is 11.0 Å². The Bertz CT molecular complexity index is 1080. The fourth-order valence-electron chi connectivity index (χ4n) is 3.28. The largest absolute Gasteiger partial charge is 0.486 e. The van der Waals surface area contributed by atoms with Crippen LogP contribution in [0.1, 0.15) is 23.1 Å². The highest BCUT2D eigenvalue weighted by molar-refractivity contribution is 5.99. The predicted octanol–water partition coefficient (Wildman–Crippen LogP) is 2.67. The molecular weight excluding hydrogens is 364 g/mol. The standard InChI is InChI=1S/C19H18N4O5/c1-2-22-14-6-4-3-5-13(14)21-18(22)11-20-19(24)12-9-16-17(28-8-7-27-16)10-15(12)23(25)26/h3-6,9-10H,2,7-8,11H2,1H3,(H,20,24). The molecule has 2 heterocycles. The van der Waals surface area contributed by atoms with Gasteiger partial charge >= 0.3 is 0 Å². The molecule has 0 saturated heterocycles. The summed E-state index contributed by atoms with van der Waals surface area (Å²) in [4.78, 5) is 28.1. The number of nitro groups is 1. The third-order valence-corrected chi connectivity index (χ3v) is 4.56. The lowest BCUT2D eigenvalue weighted by atomic mass is 10.1. The number of nitro benzene ring substituents is 1. The van der Waals surface area contributed by atoms with Gasteiger partial charge in [0.15, 0.2) is 11.5 Å². The van der Waals surface area contributed by atoms with Crippen LogP contribution >= 0.6 is 0 Å². The lowest BCUT2D eigenvalue weighted by Gasteiger charge is -2.18. The molecule has 9 heteroatoms. The molecule has 0 fully saturated rings. The average Bonchev–Trinajstić information content (AvgIpc) is 3.08. The smallest absolute Gasteiger partial charge is 0.286 e. The van der Waals surface area contributed by atoms with Crippen LogP contribution in [0.3, 0.4) is 0 Å². The van der Waals surface area contributed by atoms with Crippen LogP contribution in [0, 0.1) is 10.1 Å². The maximum absolute atomic E-state index is 12.7. The molecule has 0 spiro atoms. The molecule has 1 N–H and O–H groups in total. The number of para-hydroxylation sites is 2. The number of nitrogens with zero attached hydrogens (tertiary/aromatic N) is 3. The highest BCUT2D eigenvalue weighted by Crippen LogP contribution is 2.36. The van der Waals surface area contributed by atoms with Gasteiger partial charge in [0, 0.05) is 12.6 Å². The number of nitrogens with one attached hydrogen (secondary N) is 1. The summed E-state index contributed by atoms with van der Waals surface area (Å²) in [5.74, 6) is 0.695. The van der Waals surface area contributed by atoms with Crippen molar-refractivity contribution in [1.29, 1.82) is 0 Å². The molecule has 0 unspecified atom stereocenters. The normalized spacial score (nSPS) is 12.8. The van der Waals surface area contributed by atoms with E-state index in [4.69, 9.17) is 9.47 Å². The van der Waals surface area contributed by atoms with Crippen LogP contribution in [0.5, 0.6) is 11.5 Å². The number of hydrogen-bond acceptors (Lipinski definition) is 6. The van der Waals surface area contributed by atoms with E-state index in [0.717, 1.165) is 11.0 Å². The average molecular weight is 382 g/mol. The molecular formula is C19H18N4O5. The SMILES string of the molecule is CCn1c(CNC(=O)c2cc3c(cc2[N+](=O)[O-])OCCO3)nc2ccccc21. The van der Waals surface area contributed by atoms with Gasteiger partial charge < -0.3 is 19.4 Å². The maximum Gasteiger partial charge on any atom is 0.286 e. The van der Waals surface area contributed by atoms with Crippen LogP contribution < -0.4 is 14.8 Å². The molecule has 144 valence electrons. The van der Waals surface area contributed by atoms with E-state index in [2.05, 4.69) is 10.3 Å². The maximum atomic E-state index is 12.7. The molecule has 4 rings (SSSR count). The summed E-state index contributed by atoms with van der Waals surface area (Å²) < 4.78 is 12.8.